The second kappa shape index (κ2) is 5.78. The molecule has 3 rings (SSSR count). The molecule has 0 fully saturated rings. The fraction of sp³-hybridized carbons (Fsp3) is 0.400. The van der Waals surface area contributed by atoms with Crippen molar-refractivity contribution in [1.82, 2.24) is 9.36 Å². The van der Waals surface area contributed by atoms with Crippen LogP contribution in [0, 0.1) is 0 Å². The number of nitrogens with zero attached hydrogens (tertiary/aromatic N) is 2. The Morgan fingerprint density at radius 3 is 2.52 bits per heavy atom. The lowest BCUT2D eigenvalue weighted by atomic mass is 10.1. The van der Waals surface area contributed by atoms with Gasteiger partial charge in [-0.2, -0.15) is 0 Å². The molecule has 4 nitrogen and oxygen atoms in total. The summed E-state index contributed by atoms with van der Waals surface area (Å²) in [5, 5.41) is 1.00. The summed E-state index contributed by atoms with van der Waals surface area (Å²) in [5.41, 5.74) is 1.21. The Balaban J connectivity index is 2.17. The third-order valence-corrected chi connectivity index (χ3v) is 4.55. The highest BCUT2D eigenvalue weighted by molar-refractivity contribution is 6.33. The van der Waals surface area contributed by atoms with Crippen LogP contribution >= 0.6 is 23.2 Å². The molecule has 0 N–H and O–H groups in total. The largest absolute Gasteiger partial charge is 0.495 e. The summed E-state index contributed by atoms with van der Waals surface area (Å²) in [5.74, 6) is 0.538. The zero-order valence-electron chi connectivity index (χ0n) is 11.7. The molecular weight excluding hydrogens is 311 g/mol. The summed E-state index contributed by atoms with van der Waals surface area (Å²) in [6.45, 7) is 1.49. The van der Waals surface area contributed by atoms with Crippen molar-refractivity contribution in [2.24, 2.45) is 0 Å². The van der Waals surface area contributed by atoms with Crippen molar-refractivity contribution in [3.8, 4) is 16.9 Å². The fourth-order valence-corrected chi connectivity index (χ4v) is 3.32. The molecule has 21 heavy (non-hydrogen) atoms. The Morgan fingerprint density at radius 2 is 1.81 bits per heavy atom. The number of methoxy groups -OCH3 is 1. The van der Waals surface area contributed by atoms with Crippen molar-refractivity contribution in [2.45, 2.75) is 32.4 Å². The first-order valence-corrected chi connectivity index (χ1v) is 7.72. The van der Waals surface area contributed by atoms with Gasteiger partial charge in [0.1, 0.15) is 10.9 Å². The maximum Gasteiger partial charge on any atom is 0.276 e. The molecule has 2 aromatic rings. The smallest absolute Gasteiger partial charge is 0.276 e. The number of hydrogen-bond acceptors (Lipinski definition) is 2. The summed E-state index contributed by atoms with van der Waals surface area (Å²) < 4.78 is 8.84. The highest BCUT2D eigenvalue weighted by Crippen LogP contribution is 2.33. The molecule has 0 unspecified atom stereocenters. The van der Waals surface area contributed by atoms with E-state index in [1.54, 1.807) is 30.0 Å². The fourth-order valence-electron chi connectivity index (χ4n) is 2.76. The first kappa shape index (κ1) is 14.5. The number of aromatic nitrogens is 2. The molecule has 112 valence electrons. The van der Waals surface area contributed by atoms with E-state index in [1.807, 2.05) is 4.68 Å². The van der Waals surface area contributed by atoms with Crippen molar-refractivity contribution in [3.05, 3.63) is 38.7 Å². The molecule has 0 aliphatic carbocycles. The highest BCUT2D eigenvalue weighted by atomic mass is 35.5. The van der Waals surface area contributed by atoms with Gasteiger partial charge in [0.2, 0.25) is 0 Å². The molecule has 1 aromatic carbocycles. The van der Waals surface area contributed by atoms with Crippen LogP contribution in [0.5, 0.6) is 5.75 Å². The minimum Gasteiger partial charge on any atom is -0.495 e. The zero-order chi connectivity index (χ0) is 15.0. The normalized spacial score (nSPS) is 14.6. The number of halogens is 2. The summed E-state index contributed by atoms with van der Waals surface area (Å²) in [4.78, 5) is 12.7. The van der Waals surface area contributed by atoms with E-state index in [2.05, 4.69) is 0 Å². The molecule has 0 saturated carbocycles. The molecule has 0 radical (unpaired) electrons. The van der Waals surface area contributed by atoms with Gasteiger partial charge in [-0.3, -0.25) is 9.48 Å². The van der Waals surface area contributed by atoms with Crippen LogP contribution in [0.3, 0.4) is 0 Å². The highest BCUT2D eigenvalue weighted by Gasteiger charge is 2.21. The van der Waals surface area contributed by atoms with E-state index in [4.69, 9.17) is 27.9 Å². The Bertz CT molecular complexity index is 734. The molecule has 0 saturated heterocycles. The summed E-state index contributed by atoms with van der Waals surface area (Å²) in [7, 11) is 1.55. The van der Waals surface area contributed by atoms with E-state index in [0.29, 0.717) is 28.0 Å². The van der Waals surface area contributed by atoms with Crippen LogP contribution in [0.25, 0.3) is 11.1 Å². The SMILES string of the molecule is COc1cc(-c2c(Cl)n3n(c2=O)CCCCC3)ccc1Cl. The van der Waals surface area contributed by atoms with E-state index >= 15 is 0 Å². The molecule has 0 bridgehead atoms. The van der Waals surface area contributed by atoms with E-state index in [1.165, 1.54) is 0 Å². The van der Waals surface area contributed by atoms with Gasteiger partial charge < -0.3 is 4.74 Å². The lowest BCUT2D eigenvalue weighted by molar-refractivity contribution is 0.415. The van der Waals surface area contributed by atoms with Crippen LogP contribution in [0.4, 0.5) is 0 Å². The first-order chi connectivity index (χ1) is 10.1. The van der Waals surface area contributed by atoms with Crippen molar-refractivity contribution in [3.63, 3.8) is 0 Å². The molecule has 0 amide bonds. The number of ether oxygens (including phenoxy) is 1. The number of hydrogen-bond donors (Lipinski definition) is 0. The molecule has 2 heterocycles. The van der Waals surface area contributed by atoms with Crippen LogP contribution in [-0.4, -0.2) is 16.5 Å². The average molecular weight is 327 g/mol. The quantitative estimate of drug-likeness (QED) is 0.841. The predicted molar refractivity (Wildman–Crippen MR) is 84.6 cm³/mol. The molecular formula is C15H16Cl2N2O2. The minimum atomic E-state index is -0.0497. The second-order valence-corrected chi connectivity index (χ2v) is 5.89. The van der Waals surface area contributed by atoms with E-state index in [0.717, 1.165) is 31.4 Å². The summed E-state index contributed by atoms with van der Waals surface area (Å²) >= 11 is 12.5. The Kier molecular flexibility index (Phi) is 4.00. The van der Waals surface area contributed by atoms with Crippen molar-refractivity contribution < 1.29 is 4.74 Å². The third kappa shape index (κ3) is 2.47. The Hall–Kier alpha value is -1.39. The van der Waals surface area contributed by atoms with Crippen molar-refractivity contribution >= 4 is 23.2 Å². The van der Waals surface area contributed by atoms with Crippen LogP contribution in [0.2, 0.25) is 10.2 Å². The van der Waals surface area contributed by atoms with Gasteiger partial charge >= 0.3 is 0 Å². The van der Waals surface area contributed by atoms with Gasteiger partial charge in [-0.05, 0) is 37.0 Å². The molecule has 1 aliphatic heterocycles. The average Bonchev–Trinajstić information content (AvgIpc) is 2.67. The van der Waals surface area contributed by atoms with Gasteiger partial charge in [-0.1, -0.05) is 29.3 Å². The lowest BCUT2D eigenvalue weighted by Gasteiger charge is -2.07. The van der Waals surface area contributed by atoms with Crippen molar-refractivity contribution in [1.29, 1.82) is 0 Å². The van der Waals surface area contributed by atoms with Gasteiger partial charge in [-0.15, -0.1) is 0 Å². The maximum atomic E-state index is 12.7. The number of rotatable bonds is 2. The zero-order valence-corrected chi connectivity index (χ0v) is 13.2. The standard InChI is InChI=1S/C15H16Cl2N2O2/c1-21-12-9-10(5-6-11(12)16)13-14(17)18-7-3-2-4-8-19(18)15(13)20/h5-6,9H,2-4,7-8H2,1H3. The van der Waals surface area contributed by atoms with Gasteiger partial charge in [0.15, 0.2) is 0 Å². The number of benzene rings is 1. The van der Waals surface area contributed by atoms with Gasteiger partial charge in [0.05, 0.1) is 17.7 Å². The molecule has 0 spiro atoms. The summed E-state index contributed by atoms with van der Waals surface area (Å²) in [6, 6.07) is 5.28. The van der Waals surface area contributed by atoms with Crippen LogP contribution in [-0.2, 0) is 13.1 Å². The van der Waals surface area contributed by atoms with E-state index in [9.17, 15) is 4.79 Å². The van der Waals surface area contributed by atoms with Crippen LogP contribution in [0.1, 0.15) is 19.3 Å². The number of fused-ring (bicyclic) bond motifs is 1. The predicted octanol–water partition coefficient (Wildman–Crippen LogP) is 3.82. The first-order valence-electron chi connectivity index (χ1n) is 6.96. The molecule has 1 aromatic heterocycles. The van der Waals surface area contributed by atoms with Crippen molar-refractivity contribution in [2.75, 3.05) is 7.11 Å². The van der Waals surface area contributed by atoms with Crippen LogP contribution in [0.15, 0.2) is 23.0 Å². The topological polar surface area (TPSA) is 36.2 Å². The Labute approximate surface area is 132 Å². The van der Waals surface area contributed by atoms with Crippen LogP contribution < -0.4 is 10.3 Å². The Morgan fingerprint density at radius 1 is 1.10 bits per heavy atom. The molecule has 6 heteroatoms. The van der Waals surface area contributed by atoms with Gasteiger partial charge in [-0.25, -0.2) is 4.68 Å². The lowest BCUT2D eigenvalue weighted by Crippen LogP contribution is -2.22. The molecule has 0 atom stereocenters. The second-order valence-electron chi connectivity index (χ2n) is 5.13. The van der Waals surface area contributed by atoms with Gasteiger partial charge in [0.25, 0.3) is 5.56 Å². The monoisotopic (exact) mass is 326 g/mol. The van der Waals surface area contributed by atoms with Gasteiger partial charge in [0, 0.05) is 13.1 Å². The van der Waals surface area contributed by atoms with E-state index in [-0.39, 0.29) is 5.56 Å². The minimum absolute atomic E-state index is 0.0497. The summed E-state index contributed by atoms with van der Waals surface area (Å²) in [6.07, 6.45) is 3.16. The van der Waals surface area contributed by atoms with E-state index < -0.39 is 0 Å². The molecule has 1 aliphatic rings. The third-order valence-electron chi connectivity index (χ3n) is 3.85. The maximum absolute atomic E-state index is 12.7.